The van der Waals surface area contributed by atoms with Gasteiger partial charge in [-0.3, -0.25) is 0 Å². The standard InChI is InChI=1S/C13H13F2N5O2S/c14-8-1-2-11(10(15)5-8)18-12-6-16-20-13(19-12)17-9-3-4-23(21,22)7-9/h1-2,5-6,9H,3-4,7H2,(H2,17,18,19,20). The number of sulfone groups is 1. The third-order valence-corrected chi connectivity index (χ3v) is 5.09. The molecule has 1 aliphatic heterocycles. The number of aromatic nitrogens is 3. The Morgan fingerprint density at radius 1 is 1.26 bits per heavy atom. The van der Waals surface area contributed by atoms with E-state index in [1.807, 2.05) is 0 Å². The highest BCUT2D eigenvalue weighted by Gasteiger charge is 2.28. The second-order valence-electron chi connectivity index (χ2n) is 5.16. The summed E-state index contributed by atoms with van der Waals surface area (Å²) >= 11 is 0. The Bertz CT molecular complexity index is 831. The number of hydrogen-bond acceptors (Lipinski definition) is 7. The lowest BCUT2D eigenvalue weighted by Crippen LogP contribution is -2.22. The molecule has 1 aromatic heterocycles. The van der Waals surface area contributed by atoms with Gasteiger partial charge < -0.3 is 10.6 Å². The van der Waals surface area contributed by atoms with Crippen molar-refractivity contribution in [2.45, 2.75) is 12.5 Å². The highest BCUT2D eigenvalue weighted by atomic mass is 32.2. The van der Waals surface area contributed by atoms with E-state index in [0.717, 1.165) is 12.1 Å². The molecule has 0 amide bonds. The molecule has 1 aliphatic rings. The normalized spacial score (nSPS) is 19.5. The van der Waals surface area contributed by atoms with Crippen molar-refractivity contribution in [2.75, 3.05) is 22.1 Å². The predicted molar refractivity (Wildman–Crippen MR) is 80.1 cm³/mol. The molecular formula is C13H13F2N5O2S. The van der Waals surface area contributed by atoms with Crippen LogP contribution in [0.15, 0.2) is 24.4 Å². The molecule has 0 aliphatic carbocycles. The van der Waals surface area contributed by atoms with E-state index >= 15 is 0 Å². The first-order valence-electron chi connectivity index (χ1n) is 6.80. The van der Waals surface area contributed by atoms with Gasteiger partial charge in [0.2, 0.25) is 5.95 Å². The fourth-order valence-corrected chi connectivity index (χ4v) is 3.92. The molecule has 23 heavy (non-hydrogen) atoms. The molecule has 3 rings (SSSR count). The largest absolute Gasteiger partial charge is 0.349 e. The molecule has 1 atom stereocenters. The molecule has 122 valence electrons. The van der Waals surface area contributed by atoms with Crippen molar-refractivity contribution < 1.29 is 17.2 Å². The molecule has 1 fully saturated rings. The summed E-state index contributed by atoms with van der Waals surface area (Å²) in [5, 5.41) is 13.0. The number of anilines is 3. The van der Waals surface area contributed by atoms with Crippen LogP contribution >= 0.6 is 0 Å². The van der Waals surface area contributed by atoms with Gasteiger partial charge in [0.25, 0.3) is 0 Å². The van der Waals surface area contributed by atoms with E-state index < -0.39 is 21.5 Å². The van der Waals surface area contributed by atoms with Crippen LogP contribution in [0.2, 0.25) is 0 Å². The Hall–Kier alpha value is -2.36. The van der Waals surface area contributed by atoms with Crippen LogP contribution in [0.3, 0.4) is 0 Å². The predicted octanol–water partition coefficient (Wildman–Crippen LogP) is 1.49. The van der Waals surface area contributed by atoms with Crippen LogP contribution in [-0.4, -0.2) is 41.1 Å². The summed E-state index contributed by atoms with van der Waals surface area (Å²) in [5.41, 5.74) is 0.0429. The average Bonchev–Trinajstić information content (AvgIpc) is 2.81. The molecule has 0 spiro atoms. The van der Waals surface area contributed by atoms with Gasteiger partial charge >= 0.3 is 0 Å². The third-order valence-electron chi connectivity index (χ3n) is 3.32. The van der Waals surface area contributed by atoms with Crippen molar-refractivity contribution in [3.05, 3.63) is 36.0 Å². The van der Waals surface area contributed by atoms with Gasteiger partial charge in [0, 0.05) is 12.1 Å². The fraction of sp³-hybridized carbons (Fsp3) is 0.308. The number of nitrogens with zero attached hydrogens (tertiary/aromatic N) is 3. The number of benzene rings is 1. The molecule has 1 unspecified atom stereocenters. The minimum absolute atomic E-state index is 0.0145. The van der Waals surface area contributed by atoms with Gasteiger partial charge in [0.1, 0.15) is 11.6 Å². The maximum atomic E-state index is 13.6. The quantitative estimate of drug-likeness (QED) is 0.869. The van der Waals surface area contributed by atoms with Gasteiger partial charge in [0.15, 0.2) is 15.7 Å². The smallest absolute Gasteiger partial charge is 0.244 e. The van der Waals surface area contributed by atoms with Gasteiger partial charge in [-0.1, -0.05) is 0 Å². The van der Waals surface area contributed by atoms with Crippen LogP contribution in [0.25, 0.3) is 0 Å². The van der Waals surface area contributed by atoms with Crippen LogP contribution in [-0.2, 0) is 9.84 Å². The van der Waals surface area contributed by atoms with Crippen LogP contribution in [0.1, 0.15) is 6.42 Å². The molecule has 2 aromatic rings. The maximum Gasteiger partial charge on any atom is 0.244 e. The SMILES string of the molecule is O=S1(=O)CCC(Nc2nncc(Nc3ccc(F)cc3F)n2)C1. The topological polar surface area (TPSA) is 96.9 Å². The molecule has 0 radical (unpaired) electrons. The highest BCUT2D eigenvalue weighted by molar-refractivity contribution is 7.91. The van der Waals surface area contributed by atoms with Crippen LogP contribution < -0.4 is 10.6 Å². The molecule has 7 nitrogen and oxygen atoms in total. The average molecular weight is 341 g/mol. The van der Waals surface area contributed by atoms with Gasteiger partial charge in [-0.2, -0.15) is 10.1 Å². The first-order valence-corrected chi connectivity index (χ1v) is 8.62. The molecule has 2 N–H and O–H groups in total. The number of hydrogen-bond donors (Lipinski definition) is 2. The third kappa shape index (κ3) is 3.89. The summed E-state index contributed by atoms with van der Waals surface area (Å²) in [6.45, 7) is 0. The van der Waals surface area contributed by atoms with Crippen LogP contribution in [0, 0.1) is 11.6 Å². The molecule has 10 heteroatoms. The Labute approximate surface area is 131 Å². The molecule has 0 saturated carbocycles. The Morgan fingerprint density at radius 2 is 2.09 bits per heavy atom. The van der Waals surface area contributed by atoms with Crippen LogP contribution in [0.4, 0.5) is 26.2 Å². The molecule has 0 bridgehead atoms. The maximum absolute atomic E-state index is 13.6. The van der Waals surface area contributed by atoms with Crippen molar-refractivity contribution in [3.63, 3.8) is 0 Å². The van der Waals surface area contributed by atoms with Gasteiger partial charge in [-0.05, 0) is 18.6 Å². The van der Waals surface area contributed by atoms with E-state index in [-0.39, 0.29) is 35.0 Å². The van der Waals surface area contributed by atoms with E-state index in [1.54, 1.807) is 0 Å². The van der Waals surface area contributed by atoms with Crippen molar-refractivity contribution >= 4 is 27.3 Å². The summed E-state index contributed by atoms with van der Waals surface area (Å²) in [7, 11) is -3.02. The first-order chi connectivity index (χ1) is 10.9. The monoisotopic (exact) mass is 341 g/mol. The second kappa shape index (κ2) is 6.03. The van der Waals surface area contributed by atoms with E-state index in [1.165, 1.54) is 12.3 Å². The van der Waals surface area contributed by atoms with E-state index in [4.69, 9.17) is 0 Å². The van der Waals surface area contributed by atoms with E-state index in [2.05, 4.69) is 25.8 Å². The minimum atomic E-state index is -3.02. The van der Waals surface area contributed by atoms with Crippen molar-refractivity contribution in [1.29, 1.82) is 0 Å². The number of halogens is 2. The molecule has 1 saturated heterocycles. The number of rotatable bonds is 4. The first kappa shape index (κ1) is 15.5. The van der Waals surface area contributed by atoms with Crippen molar-refractivity contribution in [1.82, 2.24) is 15.2 Å². The summed E-state index contributed by atoms with van der Waals surface area (Å²) in [4.78, 5) is 4.09. The zero-order chi connectivity index (χ0) is 16.4. The molecule has 2 heterocycles. The summed E-state index contributed by atoms with van der Waals surface area (Å²) < 4.78 is 49.3. The highest BCUT2D eigenvalue weighted by Crippen LogP contribution is 2.20. The lowest BCUT2D eigenvalue weighted by Gasteiger charge is -2.11. The lowest BCUT2D eigenvalue weighted by atomic mass is 10.3. The Kier molecular flexibility index (Phi) is 4.07. The zero-order valence-electron chi connectivity index (χ0n) is 11.8. The molecule has 1 aromatic carbocycles. The van der Waals surface area contributed by atoms with Crippen molar-refractivity contribution in [3.8, 4) is 0 Å². The van der Waals surface area contributed by atoms with Crippen molar-refractivity contribution in [2.24, 2.45) is 0 Å². The lowest BCUT2D eigenvalue weighted by molar-refractivity contribution is 0.586. The van der Waals surface area contributed by atoms with Gasteiger partial charge in [-0.15, -0.1) is 5.10 Å². The second-order valence-corrected chi connectivity index (χ2v) is 7.39. The Balaban J connectivity index is 1.72. The molecular weight excluding hydrogens is 328 g/mol. The fourth-order valence-electron chi connectivity index (χ4n) is 2.25. The summed E-state index contributed by atoms with van der Waals surface area (Å²) in [6.07, 6.45) is 1.75. The Morgan fingerprint density at radius 3 is 2.78 bits per heavy atom. The van der Waals surface area contributed by atoms with E-state index in [9.17, 15) is 17.2 Å². The number of nitrogens with one attached hydrogen (secondary N) is 2. The zero-order valence-corrected chi connectivity index (χ0v) is 12.6. The summed E-state index contributed by atoms with van der Waals surface area (Å²) in [5.74, 6) is -0.968. The van der Waals surface area contributed by atoms with Gasteiger partial charge in [0.05, 0.1) is 23.4 Å². The van der Waals surface area contributed by atoms with Gasteiger partial charge in [-0.25, -0.2) is 17.2 Å². The van der Waals surface area contributed by atoms with E-state index in [0.29, 0.717) is 6.42 Å². The minimum Gasteiger partial charge on any atom is -0.349 e. The van der Waals surface area contributed by atoms with Crippen LogP contribution in [0.5, 0.6) is 0 Å². The summed E-state index contributed by atoms with van der Waals surface area (Å²) in [6, 6.07) is 2.82.